The predicted molar refractivity (Wildman–Crippen MR) is 95.3 cm³/mol. The molecule has 0 spiro atoms. The normalized spacial score (nSPS) is 23.5. The SMILES string of the molecule is C#C[C@H]1O[C@H](/C=C\C(=O)OCC)[C@H](OCc2ccccc2)C=C1Br. The third-order valence-corrected chi connectivity index (χ3v) is 4.02. The Bertz CT molecular complexity index is 645. The van der Waals surface area contributed by atoms with Gasteiger partial charge in [-0.25, -0.2) is 4.79 Å². The van der Waals surface area contributed by atoms with E-state index in [2.05, 4.69) is 21.9 Å². The predicted octanol–water partition coefficient (Wildman–Crippen LogP) is 3.37. The van der Waals surface area contributed by atoms with Crippen molar-refractivity contribution in [3.63, 3.8) is 0 Å². The second-order valence-corrected chi connectivity index (χ2v) is 5.99. The summed E-state index contributed by atoms with van der Waals surface area (Å²) in [5, 5.41) is 0. The highest BCUT2D eigenvalue weighted by atomic mass is 79.9. The van der Waals surface area contributed by atoms with Crippen LogP contribution in [0.3, 0.4) is 0 Å². The molecule has 1 aliphatic rings. The topological polar surface area (TPSA) is 44.8 Å². The molecular weight excluding hydrogens is 372 g/mol. The fourth-order valence-electron chi connectivity index (χ4n) is 2.19. The third kappa shape index (κ3) is 5.34. The van der Waals surface area contributed by atoms with Crippen LogP contribution in [0.5, 0.6) is 0 Å². The van der Waals surface area contributed by atoms with Crippen molar-refractivity contribution in [2.24, 2.45) is 0 Å². The van der Waals surface area contributed by atoms with Crippen LogP contribution in [-0.2, 0) is 25.6 Å². The van der Waals surface area contributed by atoms with Crippen LogP contribution in [0.1, 0.15) is 12.5 Å². The summed E-state index contributed by atoms with van der Waals surface area (Å²) in [6.07, 6.45) is 8.96. The first-order chi connectivity index (χ1) is 11.6. The van der Waals surface area contributed by atoms with Crippen molar-refractivity contribution >= 4 is 21.9 Å². The van der Waals surface area contributed by atoms with Crippen LogP contribution in [0.15, 0.2) is 53.0 Å². The number of terminal acetylenes is 1. The van der Waals surface area contributed by atoms with E-state index in [1.165, 1.54) is 6.08 Å². The van der Waals surface area contributed by atoms with Gasteiger partial charge in [0.05, 0.1) is 13.2 Å². The van der Waals surface area contributed by atoms with Crippen molar-refractivity contribution in [3.05, 3.63) is 58.6 Å². The Kier molecular flexibility index (Phi) is 7.26. The molecule has 1 aliphatic heterocycles. The molecule has 0 aromatic heterocycles. The quantitative estimate of drug-likeness (QED) is 0.424. The molecule has 0 N–H and O–H groups in total. The molecular formula is C19H19BrO4. The molecule has 24 heavy (non-hydrogen) atoms. The molecule has 0 amide bonds. The molecule has 0 fully saturated rings. The lowest BCUT2D eigenvalue weighted by molar-refractivity contribution is -0.137. The van der Waals surface area contributed by atoms with Crippen LogP contribution in [0.25, 0.3) is 0 Å². The maximum atomic E-state index is 11.5. The van der Waals surface area contributed by atoms with Crippen molar-refractivity contribution in [2.75, 3.05) is 6.61 Å². The molecule has 1 aromatic carbocycles. The van der Waals surface area contributed by atoms with Gasteiger partial charge in [0.25, 0.3) is 0 Å². The van der Waals surface area contributed by atoms with E-state index in [0.717, 1.165) is 10.0 Å². The maximum Gasteiger partial charge on any atom is 0.330 e. The fourth-order valence-corrected chi connectivity index (χ4v) is 2.69. The van der Waals surface area contributed by atoms with E-state index >= 15 is 0 Å². The first-order valence-electron chi connectivity index (χ1n) is 7.63. The zero-order valence-corrected chi connectivity index (χ0v) is 14.9. The molecule has 3 atom stereocenters. The second-order valence-electron chi connectivity index (χ2n) is 5.07. The van der Waals surface area contributed by atoms with Crippen LogP contribution < -0.4 is 0 Å². The zero-order valence-electron chi connectivity index (χ0n) is 13.4. The van der Waals surface area contributed by atoms with Crippen LogP contribution in [0, 0.1) is 12.3 Å². The summed E-state index contributed by atoms with van der Waals surface area (Å²) in [6.45, 7) is 2.50. The Morgan fingerprint density at radius 2 is 2.17 bits per heavy atom. The summed E-state index contributed by atoms with van der Waals surface area (Å²) >= 11 is 3.41. The molecule has 0 aliphatic carbocycles. The zero-order chi connectivity index (χ0) is 17.4. The standard InChI is InChI=1S/C19H19BrO4/c1-3-16-15(20)12-18(23-13-14-8-6-5-7-9-14)17(24-16)10-11-19(21)22-4-2/h1,5-12,16-18H,4,13H2,2H3/b11-10-/t16-,17-,18-/m1/s1. The van der Waals surface area contributed by atoms with Gasteiger partial charge in [-0.3, -0.25) is 0 Å². The van der Waals surface area contributed by atoms with Crippen LogP contribution in [0.2, 0.25) is 0 Å². The van der Waals surface area contributed by atoms with Crippen molar-refractivity contribution in [2.45, 2.75) is 31.8 Å². The van der Waals surface area contributed by atoms with Gasteiger partial charge in [-0.05, 0) is 24.6 Å². The Labute approximate surface area is 150 Å². The number of halogens is 1. The van der Waals surface area contributed by atoms with Gasteiger partial charge < -0.3 is 14.2 Å². The summed E-state index contributed by atoms with van der Waals surface area (Å²) in [5.74, 6) is 2.13. The minimum atomic E-state index is -0.501. The molecule has 126 valence electrons. The van der Waals surface area contributed by atoms with Crippen LogP contribution in [-0.4, -0.2) is 30.9 Å². The minimum Gasteiger partial charge on any atom is -0.463 e. The molecule has 2 rings (SSSR count). The summed E-state index contributed by atoms with van der Waals surface area (Å²) in [4.78, 5) is 11.5. The number of carbonyl (C=O) groups is 1. The molecule has 1 aromatic rings. The van der Waals surface area contributed by atoms with Crippen molar-refractivity contribution in [1.82, 2.24) is 0 Å². The van der Waals surface area contributed by atoms with Crippen molar-refractivity contribution < 1.29 is 19.0 Å². The second kappa shape index (κ2) is 9.43. The molecule has 5 heteroatoms. The lowest BCUT2D eigenvalue weighted by Crippen LogP contribution is -2.36. The molecule has 0 saturated carbocycles. The monoisotopic (exact) mass is 390 g/mol. The van der Waals surface area contributed by atoms with E-state index in [1.54, 1.807) is 13.0 Å². The van der Waals surface area contributed by atoms with E-state index in [1.807, 2.05) is 36.4 Å². The average Bonchev–Trinajstić information content (AvgIpc) is 2.60. The van der Waals surface area contributed by atoms with Gasteiger partial charge in [0.15, 0.2) is 0 Å². The molecule has 0 saturated heterocycles. The van der Waals surface area contributed by atoms with Gasteiger partial charge in [-0.15, -0.1) is 6.42 Å². The summed E-state index contributed by atoms with van der Waals surface area (Å²) in [6, 6.07) is 9.82. The minimum absolute atomic E-state index is 0.321. The van der Waals surface area contributed by atoms with Crippen molar-refractivity contribution in [1.29, 1.82) is 0 Å². The number of esters is 1. The third-order valence-electron chi connectivity index (χ3n) is 3.34. The van der Waals surface area contributed by atoms with Gasteiger partial charge in [-0.2, -0.15) is 0 Å². The lowest BCUT2D eigenvalue weighted by atomic mass is 10.1. The van der Waals surface area contributed by atoms with Crippen molar-refractivity contribution in [3.8, 4) is 12.3 Å². The Hall–Kier alpha value is -1.87. The maximum absolute atomic E-state index is 11.5. The number of rotatable bonds is 6. The molecule has 0 radical (unpaired) electrons. The van der Waals surface area contributed by atoms with E-state index in [-0.39, 0.29) is 6.10 Å². The smallest absolute Gasteiger partial charge is 0.330 e. The number of carbonyl (C=O) groups excluding carboxylic acids is 1. The molecule has 1 heterocycles. The molecule has 0 unspecified atom stereocenters. The van der Waals surface area contributed by atoms with Gasteiger partial charge >= 0.3 is 5.97 Å². The highest BCUT2D eigenvalue weighted by Crippen LogP contribution is 2.27. The summed E-state index contributed by atoms with van der Waals surface area (Å²) in [7, 11) is 0. The van der Waals surface area contributed by atoms with E-state index in [4.69, 9.17) is 20.6 Å². The highest BCUT2D eigenvalue weighted by molar-refractivity contribution is 9.11. The van der Waals surface area contributed by atoms with Crippen LogP contribution in [0.4, 0.5) is 0 Å². The Balaban J connectivity index is 2.09. The molecule has 4 nitrogen and oxygen atoms in total. The summed E-state index contributed by atoms with van der Waals surface area (Å²) < 4.78 is 17.4. The number of ether oxygens (including phenoxy) is 3. The van der Waals surface area contributed by atoms with Gasteiger partial charge in [0, 0.05) is 10.6 Å². The molecule has 0 bridgehead atoms. The lowest BCUT2D eigenvalue weighted by Gasteiger charge is -2.30. The van der Waals surface area contributed by atoms with E-state index in [9.17, 15) is 4.79 Å². The van der Waals surface area contributed by atoms with E-state index in [0.29, 0.717) is 13.2 Å². The number of benzene rings is 1. The fraction of sp³-hybridized carbons (Fsp3) is 0.316. The van der Waals surface area contributed by atoms with Gasteiger partial charge in [-0.1, -0.05) is 52.2 Å². The van der Waals surface area contributed by atoms with Gasteiger partial charge in [0.2, 0.25) is 0 Å². The van der Waals surface area contributed by atoms with Gasteiger partial charge in [0.1, 0.15) is 18.3 Å². The van der Waals surface area contributed by atoms with E-state index < -0.39 is 18.2 Å². The summed E-state index contributed by atoms with van der Waals surface area (Å²) in [5.41, 5.74) is 1.05. The number of hydrogen-bond acceptors (Lipinski definition) is 4. The Morgan fingerprint density at radius 3 is 2.83 bits per heavy atom. The van der Waals surface area contributed by atoms with Crippen LogP contribution >= 0.6 is 15.9 Å². The average molecular weight is 391 g/mol. The highest BCUT2D eigenvalue weighted by Gasteiger charge is 2.29. The number of hydrogen-bond donors (Lipinski definition) is 0. The first kappa shape index (κ1) is 18.5. The Morgan fingerprint density at radius 1 is 1.42 bits per heavy atom. The largest absolute Gasteiger partial charge is 0.463 e. The first-order valence-corrected chi connectivity index (χ1v) is 8.42.